The Morgan fingerprint density at radius 2 is 0.636 bits per heavy atom. The summed E-state index contributed by atoms with van der Waals surface area (Å²) < 4.78 is 9.61. The van der Waals surface area contributed by atoms with Gasteiger partial charge in [-0.1, -0.05) is 113 Å². The van der Waals surface area contributed by atoms with E-state index in [2.05, 4.69) is 230 Å². The van der Waals surface area contributed by atoms with Crippen molar-refractivity contribution in [3.05, 3.63) is 264 Å². The molecule has 0 atom stereocenters. The van der Waals surface area contributed by atoms with Gasteiger partial charge in [0.25, 0.3) is 0 Å². The summed E-state index contributed by atoms with van der Waals surface area (Å²) in [5, 5.41) is 44.2. The lowest BCUT2D eigenvalue weighted by Gasteiger charge is -2.35. The molecule has 6 heterocycles. The second kappa shape index (κ2) is 17.4. The molecule has 17 aromatic rings. The zero-order valence-corrected chi connectivity index (χ0v) is 47.1. The number of hydrogen-bond acceptors (Lipinski definition) is 3. The van der Waals surface area contributed by atoms with Crippen LogP contribution in [0, 0.1) is 47.5 Å². The summed E-state index contributed by atoms with van der Waals surface area (Å²) in [5.74, 6) is 0. The third-order valence-electron chi connectivity index (χ3n) is 19.2. The molecular formula is C79H41BN8. The Hall–Kier alpha value is -12.4. The van der Waals surface area contributed by atoms with E-state index in [9.17, 15) is 15.8 Å². The van der Waals surface area contributed by atoms with Crippen LogP contribution in [0.5, 0.6) is 0 Å². The highest BCUT2D eigenvalue weighted by molar-refractivity contribution is 7.02. The molecule has 4 aromatic heterocycles. The maximum Gasteiger partial charge on any atom is 0.244 e. The quantitative estimate of drug-likeness (QED) is 0.130. The number of aryl methyl sites for hydroxylation is 1. The largest absolute Gasteiger partial charge is 0.309 e. The maximum absolute atomic E-state index is 10.1. The molecule has 0 N–H and O–H groups in total. The molecule has 0 unspecified atom stereocenters. The van der Waals surface area contributed by atoms with Gasteiger partial charge in [0, 0.05) is 76.6 Å². The molecule has 2 aliphatic heterocycles. The van der Waals surface area contributed by atoms with Crippen LogP contribution in [-0.2, 0) is 0 Å². The van der Waals surface area contributed by atoms with Gasteiger partial charge in [0.15, 0.2) is 5.69 Å². The van der Waals surface area contributed by atoms with Gasteiger partial charge in [0.1, 0.15) is 0 Å². The van der Waals surface area contributed by atoms with E-state index in [-0.39, 0.29) is 6.71 Å². The lowest BCUT2D eigenvalue weighted by molar-refractivity contribution is 1.18. The summed E-state index contributed by atoms with van der Waals surface area (Å²) in [4.78, 5) is 3.80. The van der Waals surface area contributed by atoms with Gasteiger partial charge in [-0.05, 0) is 179 Å². The zero-order valence-electron chi connectivity index (χ0n) is 47.1. The van der Waals surface area contributed by atoms with Crippen LogP contribution in [0.25, 0.3) is 159 Å². The predicted octanol–water partition coefficient (Wildman–Crippen LogP) is 17.3. The third kappa shape index (κ3) is 6.13. The average Bonchev–Trinajstić information content (AvgIpc) is 1.33. The molecule has 19 rings (SSSR count). The first kappa shape index (κ1) is 48.0. The first-order valence-corrected chi connectivity index (χ1v) is 29.5. The topological polar surface area (TPSA) is 95.4 Å². The van der Waals surface area contributed by atoms with E-state index in [0.29, 0.717) is 22.4 Å². The standard InChI is InChI=1S/C79H41BN8/c1-44-35-59-57-37-67-73(53-11-3-7-15-63(53)85(67)49-27-19-45(41-81)20-28-49)77-71(57)61(39-69-75(77)55-13-5-9-17-65(55)87(69)50-29-21-46(42-82)22-30-50)80-62-40-70-76(56-14-6-10-18-66(56)88(70)51-31-23-47(43-83)24-32-51)78-72(62)58(60(36-44)79(59)80)38-68-74(78)54-12-4-8-16-64(54)86(68)52-33-25-48(84-2)26-34-52/h3-40H,1H3. The fourth-order valence-electron chi connectivity index (χ4n) is 15.9. The van der Waals surface area contributed by atoms with E-state index in [1.807, 2.05) is 48.5 Å². The van der Waals surface area contributed by atoms with E-state index >= 15 is 0 Å². The van der Waals surface area contributed by atoms with E-state index in [0.717, 1.165) is 127 Å². The van der Waals surface area contributed by atoms with Crippen LogP contribution < -0.4 is 16.4 Å². The number of benzene rings is 13. The minimum atomic E-state index is -0.277. The number of para-hydroxylation sites is 4. The van der Waals surface area contributed by atoms with Crippen LogP contribution in [0.4, 0.5) is 5.69 Å². The van der Waals surface area contributed by atoms with E-state index < -0.39 is 0 Å². The molecule has 0 amide bonds. The van der Waals surface area contributed by atoms with Gasteiger partial charge < -0.3 is 18.3 Å². The summed E-state index contributed by atoms with van der Waals surface area (Å²) >= 11 is 0. The highest BCUT2D eigenvalue weighted by atomic mass is 15.0. The zero-order chi connectivity index (χ0) is 58.4. The number of fused-ring (bicyclic) bond motifs is 20. The van der Waals surface area contributed by atoms with Crippen LogP contribution in [0.15, 0.2) is 231 Å². The highest BCUT2D eigenvalue weighted by Gasteiger charge is 2.42. The van der Waals surface area contributed by atoms with Crippen LogP contribution >= 0.6 is 0 Å². The van der Waals surface area contributed by atoms with E-state index in [1.165, 1.54) is 49.1 Å². The molecule has 88 heavy (non-hydrogen) atoms. The Morgan fingerprint density at radius 1 is 0.330 bits per heavy atom. The highest BCUT2D eigenvalue weighted by Crippen LogP contribution is 2.52. The number of nitrogens with zero attached hydrogens (tertiary/aromatic N) is 8. The van der Waals surface area contributed by atoms with Gasteiger partial charge in [0.2, 0.25) is 6.71 Å². The number of hydrogen-bond donors (Lipinski definition) is 0. The second-order valence-electron chi connectivity index (χ2n) is 23.6. The van der Waals surface area contributed by atoms with Crippen molar-refractivity contribution in [1.82, 2.24) is 18.3 Å². The Labute approximate surface area is 503 Å². The number of nitriles is 3. The van der Waals surface area contributed by atoms with Gasteiger partial charge in [-0.25, -0.2) is 4.85 Å². The normalized spacial score (nSPS) is 12.3. The van der Waals surface area contributed by atoms with E-state index in [1.54, 1.807) is 0 Å². The van der Waals surface area contributed by atoms with Crippen molar-refractivity contribution < 1.29 is 0 Å². The van der Waals surface area contributed by atoms with Crippen LogP contribution in [0.3, 0.4) is 0 Å². The van der Waals surface area contributed by atoms with Gasteiger partial charge in [0.05, 0.1) is 85.6 Å². The summed E-state index contributed by atoms with van der Waals surface area (Å²) in [7, 11) is 0. The molecule has 400 valence electrons. The SMILES string of the molecule is [C-]#[N+]c1ccc(-n2c3ccccc3c3c4c5c(cc6c4c4ccccc4n6-c4ccc(C#N)cc4)B4c6c(cc(C)cc6-c5cc32)-c2cc3c(c5ccccc5n3-c3ccc(C#N)cc3)c3c2c4cc2c3c3ccccc3n2-c2ccc(C#N)cc2)cc1. The third-order valence-corrected chi connectivity index (χ3v) is 19.2. The average molecular weight is 1110 g/mol. The lowest BCUT2D eigenvalue weighted by atomic mass is 9.31. The first-order chi connectivity index (χ1) is 43.4. The van der Waals surface area contributed by atoms with Gasteiger partial charge in [-0.2, -0.15) is 15.8 Å². The summed E-state index contributed by atoms with van der Waals surface area (Å²) in [5.41, 5.74) is 24.3. The van der Waals surface area contributed by atoms with Crippen molar-refractivity contribution in [3.8, 4) is 63.2 Å². The lowest BCUT2D eigenvalue weighted by Crippen LogP contribution is -2.57. The van der Waals surface area contributed by atoms with Crippen LogP contribution in [0.2, 0.25) is 0 Å². The molecule has 9 heteroatoms. The molecule has 0 radical (unpaired) electrons. The number of aromatic nitrogens is 4. The molecule has 0 bridgehead atoms. The molecule has 0 fully saturated rings. The molecule has 8 nitrogen and oxygen atoms in total. The molecule has 0 saturated heterocycles. The molecule has 13 aromatic carbocycles. The van der Waals surface area contributed by atoms with Crippen LogP contribution in [0.1, 0.15) is 22.3 Å². The molecular weight excluding hydrogens is 1070 g/mol. The Morgan fingerprint density at radius 3 is 0.955 bits per heavy atom. The smallest absolute Gasteiger partial charge is 0.244 e. The van der Waals surface area contributed by atoms with Gasteiger partial charge >= 0.3 is 0 Å². The molecule has 0 saturated carbocycles. The molecule has 2 aliphatic rings. The number of rotatable bonds is 4. The van der Waals surface area contributed by atoms with Gasteiger partial charge in [-0.15, -0.1) is 0 Å². The minimum absolute atomic E-state index is 0.277. The fraction of sp³-hybridized carbons (Fsp3) is 0.0127. The van der Waals surface area contributed by atoms with Crippen LogP contribution in [-0.4, -0.2) is 25.0 Å². The van der Waals surface area contributed by atoms with Crippen molar-refractivity contribution in [2.24, 2.45) is 0 Å². The monoisotopic (exact) mass is 1110 g/mol. The van der Waals surface area contributed by atoms with Crippen molar-refractivity contribution in [2.45, 2.75) is 6.92 Å². The Bertz CT molecular complexity index is 5840. The molecule has 0 spiro atoms. The summed E-state index contributed by atoms with van der Waals surface area (Å²) in [6.45, 7) is 9.88. The van der Waals surface area contributed by atoms with E-state index in [4.69, 9.17) is 6.57 Å². The van der Waals surface area contributed by atoms with Crippen molar-refractivity contribution in [3.63, 3.8) is 0 Å². The Kier molecular flexibility index (Phi) is 9.47. The second-order valence-corrected chi connectivity index (χ2v) is 23.6. The predicted molar refractivity (Wildman–Crippen MR) is 359 cm³/mol. The Balaban J connectivity index is 1.07. The fourth-order valence-corrected chi connectivity index (χ4v) is 15.9. The summed E-state index contributed by atoms with van der Waals surface area (Å²) in [6, 6.07) is 89.0. The summed E-state index contributed by atoms with van der Waals surface area (Å²) in [6.07, 6.45) is 0. The first-order valence-electron chi connectivity index (χ1n) is 29.5. The minimum Gasteiger partial charge on any atom is -0.309 e. The van der Waals surface area contributed by atoms with Crippen molar-refractivity contribution in [1.29, 1.82) is 15.8 Å². The van der Waals surface area contributed by atoms with Crippen molar-refractivity contribution in [2.75, 3.05) is 0 Å². The van der Waals surface area contributed by atoms with Crippen molar-refractivity contribution >= 4 is 138 Å². The van der Waals surface area contributed by atoms with Gasteiger partial charge in [-0.3, -0.25) is 0 Å². The molecule has 0 aliphatic carbocycles. The maximum atomic E-state index is 10.1.